The van der Waals surface area contributed by atoms with E-state index in [-0.39, 0.29) is 29.7 Å². The number of rotatable bonds is 14. The van der Waals surface area contributed by atoms with Gasteiger partial charge in [-0.3, -0.25) is 9.59 Å². The molecule has 0 spiro atoms. The van der Waals surface area contributed by atoms with Crippen molar-refractivity contribution in [2.75, 3.05) is 13.2 Å². The second-order valence-corrected chi connectivity index (χ2v) is 8.37. The number of hydrogen-bond acceptors (Lipinski definition) is 4. The van der Waals surface area contributed by atoms with Gasteiger partial charge in [0.25, 0.3) is 0 Å². The molecule has 0 aromatic carbocycles. The summed E-state index contributed by atoms with van der Waals surface area (Å²) in [4.78, 5) is 25.2. The summed E-state index contributed by atoms with van der Waals surface area (Å²) in [5.74, 6) is -0.575. The summed E-state index contributed by atoms with van der Waals surface area (Å²) in [6.07, 6.45) is 12.0. The fourth-order valence-electron chi connectivity index (χ4n) is 4.06. The van der Waals surface area contributed by atoms with Gasteiger partial charge < -0.3 is 9.47 Å². The van der Waals surface area contributed by atoms with E-state index in [1.165, 1.54) is 38.5 Å². The van der Waals surface area contributed by atoms with Crippen molar-refractivity contribution in [1.29, 1.82) is 0 Å². The molecule has 4 atom stereocenters. The fourth-order valence-corrected chi connectivity index (χ4v) is 4.06. The van der Waals surface area contributed by atoms with Crippen LogP contribution in [0.5, 0.6) is 0 Å². The lowest BCUT2D eigenvalue weighted by atomic mass is 9.89. The van der Waals surface area contributed by atoms with E-state index < -0.39 is 0 Å². The highest BCUT2D eigenvalue weighted by molar-refractivity contribution is 5.83. The molecule has 1 saturated carbocycles. The molecule has 0 amide bonds. The molecule has 0 aromatic rings. The first-order valence-electron chi connectivity index (χ1n) is 11.4. The van der Waals surface area contributed by atoms with Gasteiger partial charge in [-0.2, -0.15) is 0 Å². The van der Waals surface area contributed by atoms with Gasteiger partial charge in [-0.15, -0.1) is 0 Å². The molecular weight excluding hydrogens is 340 g/mol. The quantitative estimate of drug-likeness (QED) is 0.276. The number of ether oxygens (including phenoxy) is 2. The maximum absolute atomic E-state index is 12.6. The average Bonchev–Trinajstić information content (AvgIpc) is 2.95. The summed E-state index contributed by atoms with van der Waals surface area (Å²) in [7, 11) is 0. The molecule has 0 N–H and O–H groups in total. The highest BCUT2D eigenvalue weighted by atomic mass is 16.5. The summed E-state index contributed by atoms with van der Waals surface area (Å²) < 4.78 is 11.0. The van der Waals surface area contributed by atoms with Crippen LogP contribution >= 0.6 is 0 Å². The van der Waals surface area contributed by atoms with E-state index in [1.807, 2.05) is 0 Å². The maximum Gasteiger partial charge on any atom is 0.310 e. The predicted molar refractivity (Wildman–Crippen MR) is 109 cm³/mol. The Hall–Kier alpha value is -1.06. The Morgan fingerprint density at radius 3 is 1.74 bits per heavy atom. The Morgan fingerprint density at radius 1 is 0.741 bits per heavy atom. The third-order valence-corrected chi connectivity index (χ3v) is 6.08. The summed E-state index contributed by atoms with van der Waals surface area (Å²) >= 11 is 0. The maximum atomic E-state index is 12.6. The molecule has 1 rings (SSSR count). The molecule has 4 heteroatoms. The summed E-state index contributed by atoms with van der Waals surface area (Å²) in [6.45, 7) is 9.50. The molecular formula is C23H42O4. The molecule has 1 aliphatic rings. The zero-order chi connectivity index (χ0) is 20.1. The van der Waals surface area contributed by atoms with Gasteiger partial charge in [0.2, 0.25) is 0 Å². The first-order valence-corrected chi connectivity index (χ1v) is 11.4. The predicted octanol–water partition coefficient (Wildman–Crippen LogP) is 5.92. The third-order valence-electron chi connectivity index (χ3n) is 6.08. The number of unbranched alkanes of at least 4 members (excludes halogenated alkanes) is 8. The minimum atomic E-state index is -0.344. The molecule has 1 fully saturated rings. The van der Waals surface area contributed by atoms with Gasteiger partial charge in [0, 0.05) is 0 Å². The second kappa shape index (κ2) is 14.0. The molecule has 4 unspecified atom stereocenters. The first-order chi connectivity index (χ1) is 13.0. The Balaban J connectivity index is 2.40. The van der Waals surface area contributed by atoms with E-state index in [0.717, 1.165) is 32.1 Å². The van der Waals surface area contributed by atoms with Crippen molar-refractivity contribution in [3.05, 3.63) is 0 Å². The molecule has 158 valence electrons. The van der Waals surface area contributed by atoms with Crippen LogP contribution in [0.1, 0.15) is 98.3 Å². The van der Waals surface area contributed by atoms with Crippen LogP contribution in [0, 0.1) is 23.7 Å². The van der Waals surface area contributed by atoms with E-state index in [4.69, 9.17) is 9.47 Å². The highest BCUT2D eigenvalue weighted by Gasteiger charge is 2.47. The Bertz CT molecular complexity index is 421. The van der Waals surface area contributed by atoms with Gasteiger partial charge in [-0.1, -0.05) is 79.1 Å². The van der Waals surface area contributed by atoms with Crippen molar-refractivity contribution < 1.29 is 19.1 Å². The lowest BCUT2D eigenvalue weighted by Crippen LogP contribution is -2.32. The van der Waals surface area contributed by atoms with E-state index in [9.17, 15) is 9.59 Å². The van der Waals surface area contributed by atoms with Crippen molar-refractivity contribution in [1.82, 2.24) is 0 Å². The molecule has 0 heterocycles. The fraction of sp³-hybridized carbons (Fsp3) is 0.913. The minimum Gasteiger partial charge on any atom is -0.465 e. The minimum absolute atomic E-state index is 0.166. The topological polar surface area (TPSA) is 52.6 Å². The Kier molecular flexibility index (Phi) is 12.4. The summed E-state index contributed by atoms with van der Waals surface area (Å²) in [6, 6.07) is 0. The SMILES string of the molecule is CCCCCCCOC(=O)C1CC(C)C(C)C1C(=O)OCCCCCCC. The summed E-state index contributed by atoms with van der Waals surface area (Å²) in [5.41, 5.74) is 0. The zero-order valence-corrected chi connectivity index (χ0v) is 18.1. The highest BCUT2D eigenvalue weighted by Crippen LogP contribution is 2.42. The smallest absolute Gasteiger partial charge is 0.310 e. The van der Waals surface area contributed by atoms with Crippen LogP contribution in [0.3, 0.4) is 0 Å². The monoisotopic (exact) mass is 382 g/mol. The van der Waals surface area contributed by atoms with Crippen LogP contribution in [-0.2, 0) is 19.1 Å². The van der Waals surface area contributed by atoms with Crippen LogP contribution in [0.15, 0.2) is 0 Å². The molecule has 0 bridgehead atoms. The van der Waals surface area contributed by atoms with E-state index in [1.54, 1.807) is 0 Å². The van der Waals surface area contributed by atoms with Gasteiger partial charge in [0.1, 0.15) is 0 Å². The van der Waals surface area contributed by atoms with Crippen molar-refractivity contribution in [2.45, 2.75) is 98.3 Å². The molecule has 4 nitrogen and oxygen atoms in total. The normalized spacial score (nSPS) is 24.7. The van der Waals surface area contributed by atoms with E-state index in [2.05, 4.69) is 27.7 Å². The first kappa shape index (κ1) is 24.0. The number of carbonyl (C=O) groups is 2. The van der Waals surface area contributed by atoms with E-state index in [0.29, 0.717) is 19.1 Å². The van der Waals surface area contributed by atoms with Crippen molar-refractivity contribution in [2.24, 2.45) is 23.7 Å². The van der Waals surface area contributed by atoms with Gasteiger partial charge in [-0.25, -0.2) is 0 Å². The number of esters is 2. The Labute approximate surface area is 166 Å². The summed E-state index contributed by atoms with van der Waals surface area (Å²) in [5, 5.41) is 0. The molecule has 0 radical (unpaired) electrons. The van der Waals surface area contributed by atoms with Gasteiger partial charge >= 0.3 is 11.9 Å². The third kappa shape index (κ3) is 8.66. The number of carbonyl (C=O) groups excluding carboxylic acids is 2. The zero-order valence-electron chi connectivity index (χ0n) is 18.1. The number of hydrogen-bond donors (Lipinski definition) is 0. The van der Waals surface area contributed by atoms with Crippen molar-refractivity contribution in [3.8, 4) is 0 Å². The van der Waals surface area contributed by atoms with Crippen LogP contribution in [-0.4, -0.2) is 25.2 Å². The molecule has 27 heavy (non-hydrogen) atoms. The van der Waals surface area contributed by atoms with Gasteiger partial charge in [0.05, 0.1) is 25.0 Å². The lowest BCUT2D eigenvalue weighted by molar-refractivity contribution is -0.160. The lowest BCUT2D eigenvalue weighted by Gasteiger charge is -2.21. The molecule has 1 aliphatic carbocycles. The molecule has 0 aliphatic heterocycles. The standard InChI is InChI=1S/C23H42O4/c1-5-7-9-11-13-15-26-22(24)20-17-18(3)19(4)21(20)23(25)27-16-14-12-10-8-6-2/h18-21H,5-17H2,1-4H3. The second-order valence-electron chi connectivity index (χ2n) is 8.37. The van der Waals surface area contributed by atoms with Crippen molar-refractivity contribution >= 4 is 11.9 Å². The van der Waals surface area contributed by atoms with Crippen LogP contribution in [0.25, 0.3) is 0 Å². The molecule has 0 saturated heterocycles. The van der Waals surface area contributed by atoms with Crippen LogP contribution < -0.4 is 0 Å². The molecule has 0 aromatic heterocycles. The van der Waals surface area contributed by atoms with E-state index >= 15 is 0 Å². The van der Waals surface area contributed by atoms with Crippen LogP contribution in [0.4, 0.5) is 0 Å². The van der Waals surface area contributed by atoms with Gasteiger partial charge in [0.15, 0.2) is 0 Å². The van der Waals surface area contributed by atoms with Gasteiger partial charge in [-0.05, 0) is 31.1 Å². The van der Waals surface area contributed by atoms with Crippen LogP contribution in [0.2, 0.25) is 0 Å². The Morgan fingerprint density at radius 2 is 1.22 bits per heavy atom. The van der Waals surface area contributed by atoms with Crippen molar-refractivity contribution in [3.63, 3.8) is 0 Å². The average molecular weight is 383 g/mol. The largest absolute Gasteiger partial charge is 0.465 e.